The summed E-state index contributed by atoms with van der Waals surface area (Å²) in [5.41, 5.74) is 1.85. The number of aromatic nitrogens is 1. The SMILES string of the molecule is CCNC(=NCCc1csc(C)n1)NCCNC(=O)Cc1ccc(F)cc1. The molecule has 6 nitrogen and oxygen atoms in total. The number of carbonyl (C=O) groups is 1. The summed E-state index contributed by atoms with van der Waals surface area (Å²) in [5, 5.41) is 12.3. The summed E-state index contributed by atoms with van der Waals surface area (Å²) in [6.45, 7) is 6.46. The lowest BCUT2D eigenvalue weighted by molar-refractivity contribution is -0.120. The van der Waals surface area contributed by atoms with Crippen LogP contribution in [0.4, 0.5) is 4.39 Å². The molecule has 1 amide bonds. The molecular formula is C19H26FN5OS. The van der Waals surface area contributed by atoms with Crippen molar-refractivity contribution in [3.8, 4) is 0 Å². The number of amides is 1. The molecule has 146 valence electrons. The van der Waals surface area contributed by atoms with Gasteiger partial charge < -0.3 is 16.0 Å². The maximum atomic E-state index is 12.9. The Labute approximate surface area is 163 Å². The second kappa shape index (κ2) is 11.3. The number of hydrogen-bond donors (Lipinski definition) is 3. The number of nitrogens with zero attached hydrogens (tertiary/aromatic N) is 2. The maximum Gasteiger partial charge on any atom is 0.224 e. The molecule has 0 saturated carbocycles. The number of halogens is 1. The lowest BCUT2D eigenvalue weighted by atomic mass is 10.1. The predicted molar refractivity (Wildman–Crippen MR) is 108 cm³/mol. The molecule has 3 N–H and O–H groups in total. The standard InChI is InChI=1S/C19H26FN5OS/c1-3-21-19(23-9-8-17-13-27-14(2)25-17)24-11-10-22-18(26)12-15-4-6-16(20)7-5-15/h4-7,13H,3,8-12H2,1-2H3,(H,22,26)(H2,21,23,24). The number of thiazole rings is 1. The van der Waals surface area contributed by atoms with Crippen LogP contribution in [0.25, 0.3) is 0 Å². The number of aryl methyl sites for hydroxylation is 1. The zero-order chi connectivity index (χ0) is 19.5. The van der Waals surface area contributed by atoms with Crippen molar-refractivity contribution < 1.29 is 9.18 Å². The molecule has 0 aliphatic heterocycles. The Balaban J connectivity index is 1.67. The van der Waals surface area contributed by atoms with E-state index in [0.29, 0.717) is 19.6 Å². The highest BCUT2D eigenvalue weighted by Gasteiger charge is 2.04. The lowest BCUT2D eigenvalue weighted by Crippen LogP contribution is -2.41. The summed E-state index contributed by atoms with van der Waals surface area (Å²) in [4.78, 5) is 20.9. The molecule has 1 aromatic heterocycles. The zero-order valence-corrected chi connectivity index (χ0v) is 16.5. The van der Waals surface area contributed by atoms with Crippen LogP contribution in [0.15, 0.2) is 34.6 Å². The highest BCUT2D eigenvalue weighted by atomic mass is 32.1. The van der Waals surface area contributed by atoms with E-state index in [9.17, 15) is 9.18 Å². The van der Waals surface area contributed by atoms with Gasteiger partial charge in [-0.15, -0.1) is 11.3 Å². The molecule has 0 atom stereocenters. The van der Waals surface area contributed by atoms with Crippen molar-refractivity contribution in [1.29, 1.82) is 0 Å². The number of aliphatic imine (C=N–C) groups is 1. The lowest BCUT2D eigenvalue weighted by Gasteiger charge is -2.12. The van der Waals surface area contributed by atoms with Crippen LogP contribution in [0.5, 0.6) is 0 Å². The highest BCUT2D eigenvalue weighted by molar-refractivity contribution is 7.09. The van der Waals surface area contributed by atoms with E-state index in [1.165, 1.54) is 12.1 Å². The molecule has 0 aliphatic carbocycles. The third-order valence-electron chi connectivity index (χ3n) is 3.67. The minimum Gasteiger partial charge on any atom is -0.357 e. The Morgan fingerprint density at radius 3 is 2.59 bits per heavy atom. The Hall–Kier alpha value is -2.48. The second-order valence-electron chi connectivity index (χ2n) is 5.95. The second-order valence-corrected chi connectivity index (χ2v) is 7.01. The van der Waals surface area contributed by atoms with Gasteiger partial charge in [-0.05, 0) is 31.5 Å². The van der Waals surface area contributed by atoms with Crippen LogP contribution in [0.3, 0.4) is 0 Å². The Morgan fingerprint density at radius 2 is 1.93 bits per heavy atom. The van der Waals surface area contributed by atoms with Gasteiger partial charge in [-0.1, -0.05) is 12.1 Å². The van der Waals surface area contributed by atoms with Crippen molar-refractivity contribution in [3.05, 3.63) is 51.7 Å². The van der Waals surface area contributed by atoms with Gasteiger partial charge in [0.1, 0.15) is 5.82 Å². The molecule has 27 heavy (non-hydrogen) atoms. The maximum absolute atomic E-state index is 12.9. The van der Waals surface area contributed by atoms with Crippen LogP contribution >= 0.6 is 11.3 Å². The molecule has 2 aromatic rings. The third-order valence-corrected chi connectivity index (χ3v) is 4.49. The number of hydrogen-bond acceptors (Lipinski definition) is 4. The molecular weight excluding hydrogens is 365 g/mol. The number of nitrogens with one attached hydrogen (secondary N) is 3. The fourth-order valence-corrected chi connectivity index (χ4v) is 3.03. The Morgan fingerprint density at radius 1 is 1.19 bits per heavy atom. The minimum atomic E-state index is -0.302. The number of benzene rings is 1. The van der Waals surface area contributed by atoms with Gasteiger partial charge >= 0.3 is 0 Å². The number of guanidine groups is 1. The van der Waals surface area contributed by atoms with Gasteiger partial charge in [0.15, 0.2) is 5.96 Å². The molecule has 1 heterocycles. The average molecular weight is 392 g/mol. The third kappa shape index (κ3) is 8.17. The monoisotopic (exact) mass is 391 g/mol. The van der Waals surface area contributed by atoms with Gasteiger partial charge in [0, 0.05) is 38.0 Å². The predicted octanol–water partition coefficient (Wildman–Crippen LogP) is 2.05. The van der Waals surface area contributed by atoms with E-state index in [1.54, 1.807) is 23.5 Å². The summed E-state index contributed by atoms with van der Waals surface area (Å²) in [6, 6.07) is 5.95. The Bertz CT molecular complexity index is 745. The molecule has 0 fully saturated rings. The molecule has 1 aromatic carbocycles. The van der Waals surface area contributed by atoms with Crippen LogP contribution in [0.2, 0.25) is 0 Å². The zero-order valence-electron chi connectivity index (χ0n) is 15.7. The molecule has 2 rings (SSSR count). The van der Waals surface area contributed by atoms with Gasteiger partial charge in [0.05, 0.1) is 17.1 Å². The van der Waals surface area contributed by atoms with E-state index in [2.05, 4.69) is 31.3 Å². The summed E-state index contributed by atoms with van der Waals surface area (Å²) < 4.78 is 12.9. The number of rotatable bonds is 9. The molecule has 8 heteroatoms. The summed E-state index contributed by atoms with van der Waals surface area (Å²) in [6.07, 6.45) is 1.04. The van der Waals surface area contributed by atoms with Gasteiger partial charge in [-0.2, -0.15) is 0 Å². The van der Waals surface area contributed by atoms with Crippen molar-refractivity contribution >= 4 is 23.2 Å². The molecule has 0 radical (unpaired) electrons. The van der Waals surface area contributed by atoms with Gasteiger partial charge in [-0.25, -0.2) is 9.37 Å². The van der Waals surface area contributed by atoms with Crippen molar-refractivity contribution in [2.45, 2.75) is 26.7 Å². The van der Waals surface area contributed by atoms with Crippen LogP contribution in [-0.2, 0) is 17.6 Å². The quantitative estimate of drug-likeness (QED) is 0.347. The van der Waals surface area contributed by atoms with E-state index in [1.807, 2.05) is 13.8 Å². The van der Waals surface area contributed by atoms with Crippen molar-refractivity contribution in [2.75, 3.05) is 26.2 Å². The Kier molecular flexibility index (Phi) is 8.70. The van der Waals surface area contributed by atoms with Crippen LogP contribution in [0, 0.1) is 12.7 Å². The topological polar surface area (TPSA) is 78.4 Å². The fourth-order valence-electron chi connectivity index (χ4n) is 2.38. The van der Waals surface area contributed by atoms with E-state index < -0.39 is 0 Å². The van der Waals surface area contributed by atoms with Crippen LogP contribution < -0.4 is 16.0 Å². The van der Waals surface area contributed by atoms with Gasteiger partial charge in [0.2, 0.25) is 5.91 Å². The minimum absolute atomic E-state index is 0.0933. The smallest absolute Gasteiger partial charge is 0.224 e. The van der Waals surface area contributed by atoms with E-state index in [-0.39, 0.29) is 18.1 Å². The van der Waals surface area contributed by atoms with Gasteiger partial charge in [-0.3, -0.25) is 9.79 Å². The summed E-state index contributed by atoms with van der Waals surface area (Å²) >= 11 is 1.64. The summed E-state index contributed by atoms with van der Waals surface area (Å²) in [7, 11) is 0. The van der Waals surface area contributed by atoms with Crippen LogP contribution in [0.1, 0.15) is 23.2 Å². The summed E-state index contributed by atoms with van der Waals surface area (Å²) in [5.74, 6) is 0.324. The van der Waals surface area contributed by atoms with Crippen molar-refractivity contribution in [1.82, 2.24) is 20.9 Å². The van der Waals surface area contributed by atoms with E-state index in [4.69, 9.17) is 0 Å². The highest BCUT2D eigenvalue weighted by Crippen LogP contribution is 2.08. The first-order valence-corrected chi connectivity index (χ1v) is 9.89. The molecule has 0 unspecified atom stereocenters. The van der Waals surface area contributed by atoms with E-state index in [0.717, 1.165) is 35.2 Å². The normalized spacial score (nSPS) is 11.3. The van der Waals surface area contributed by atoms with Crippen LogP contribution in [-0.4, -0.2) is 43.0 Å². The molecule has 0 saturated heterocycles. The first kappa shape index (κ1) is 20.8. The fraction of sp³-hybridized carbons (Fsp3) is 0.421. The largest absolute Gasteiger partial charge is 0.357 e. The number of carbonyl (C=O) groups excluding carboxylic acids is 1. The molecule has 0 aliphatic rings. The van der Waals surface area contributed by atoms with Crippen molar-refractivity contribution in [2.24, 2.45) is 4.99 Å². The van der Waals surface area contributed by atoms with E-state index >= 15 is 0 Å². The first-order chi connectivity index (χ1) is 13.1. The van der Waals surface area contributed by atoms with Gasteiger partial charge in [0.25, 0.3) is 0 Å². The molecule has 0 spiro atoms. The average Bonchev–Trinajstić information content (AvgIpc) is 3.06. The van der Waals surface area contributed by atoms with Crippen molar-refractivity contribution in [3.63, 3.8) is 0 Å². The molecule has 0 bridgehead atoms. The first-order valence-electron chi connectivity index (χ1n) is 9.01.